The Labute approximate surface area is 94.6 Å². The monoisotopic (exact) mass is 286 g/mol. The third-order valence-corrected chi connectivity index (χ3v) is 2.25. The van der Waals surface area contributed by atoms with Crippen molar-refractivity contribution in [2.75, 3.05) is 25.7 Å². The second-order valence-electron chi connectivity index (χ2n) is 2.80. The molecule has 0 N–H and O–H groups in total. The van der Waals surface area contributed by atoms with Gasteiger partial charge in [-0.15, -0.1) is 0 Å². The summed E-state index contributed by atoms with van der Waals surface area (Å²) in [7, 11) is -4.20. The standard InChI is InChI=1S/C6H10F4O4S2/c1-15-13-3-5(7,8)6(9,10)4-14-16(2,11)12/h3-4H2,1-2H3. The molecule has 10 heteroatoms. The summed E-state index contributed by atoms with van der Waals surface area (Å²) in [6.07, 6.45) is 1.76. The van der Waals surface area contributed by atoms with E-state index in [-0.39, 0.29) is 0 Å². The van der Waals surface area contributed by atoms with Crippen LogP contribution >= 0.6 is 12.0 Å². The normalized spacial score (nSPS) is 14.1. The lowest BCUT2D eigenvalue weighted by Gasteiger charge is -2.25. The van der Waals surface area contributed by atoms with Crippen molar-refractivity contribution in [1.29, 1.82) is 0 Å². The molecular formula is C6H10F4O4S2. The molecule has 0 saturated heterocycles. The van der Waals surface area contributed by atoms with Crippen LogP contribution in [0.1, 0.15) is 0 Å². The Kier molecular flexibility index (Phi) is 5.50. The third-order valence-electron chi connectivity index (χ3n) is 1.35. The number of halogens is 4. The fourth-order valence-corrected chi connectivity index (χ4v) is 1.15. The van der Waals surface area contributed by atoms with E-state index in [9.17, 15) is 26.0 Å². The first-order valence-corrected chi connectivity index (χ1v) is 6.74. The number of rotatable bonds is 7. The highest BCUT2D eigenvalue weighted by atomic mass is 32.2. The van der Waals surface area contributed by atoms with Crippen LogP contribution < -0.4 is 0 Å². The van der Waals surface area contributed by atoms with E-state index in [1.54, 1.807) is 0 Å². The minimum Gasteiger partial charge on any atom is -0.309 e. The maximum atomic E-state index is 12.8. The summed E-state index contributed by atoms with van der Waals surface area (Å²) in [6.45, 7) is -3.45. The highest BCUT2D eigenvalue weighted by molar-refractivity contribution is 7.93. The molecule has 0 aromatic heterocycles. The van der Waals surface area contributed by atoms with Crippen molar-refractivity contribution in [3.8, 4) is 0 Å². The van der Waals surface area contributed by atoms with Gasteiger partial charge in [0, 0.05) is 6.26 Å². The summed E-state index contributed by atoms with van der Waals surface area (Å²) < 4.78 is 79.8. The molecule has 0 aromatic rings. The molecular weight excluding hydrogens is 276 g/mol. The van der Waals surface area contributed by atoms with Gasteiger partial charge in [-0.1, -0.05) is 0 Å². The first-order chi connectivity index (χ1) is 7.02. The Bertz CT molecular complexity index is 316. The molecule has 0 aliphatic rings. The zero-order valence-electron chi connectivity index (χ0n) is 8.38. The molecule has 98 valence electrons. The van der Waals surface area contributed by atoms with Crippen LogP contribution in [0, 0.1) is 0 Å². The van der Waals surface area contributed by atoms with Crippen LogP contribution in [0.3, 0.4) is 0 Å². The lowest BCUT2D eigenvalue weighted by Crippen LogP contribution is -2.47. The van der Waals surface area contributed by atoms with E-state index in [1.807, 2.05) is 0 Å². The molecule has 0 rings (SSSR count). The van der Waals surface area contributed by atoms with Crippen molar-refractivity contribution in [2.45, 2.75) is 11.8 Å². The number of hydrogen-bond donors (Lipinski definition) is 0. The van der Waals surface area contributed by atoms with Gasteiger partial charge in [0.25, 0.3) is 10.1 Å². The van der Waals surface area contributed by atoms with Crippen molar-refractivity contribution < 1.29 is 34.3 Å². The van der Waals surface area contributed by atoms with Crippen molar-refractivity contribution in [1.82, 2.24) is 0 Å². The molecule has 0 atom stereocenters. The molecule has 4 nitrogen and oxygen atoms in total. The first kappa shape index (κ1) is 15.9. The van der Waals surface area contributed by atoms with Gasteiger partial charge in [0.15, 0.2) is 0 Å². The molecule has 0 aromatic carbocycles. The Morgan fingerprint density at radius 3 is 1.94 bits per heavy atom. The topological polar surface area (TPSA) is 52.6 Å². The number of alkyl halides is 4. The van der Waals surface area contributed by atoms with Gasteiger partial charge in [-0.2, -0.15) is 26.0 Å². The molecule has 0 fully saturated rings. The van der Waals surface area contributed by atoms with Crippen LogP contribution in [0.25, 0.3) is 0 Å². The molecule has 0 radical (unpaired) electrons. The van der Waals surface area contributed by atoms with Gasteiger partial charge < -0.3 is 4.18 Å². The minimum atomic E-state index is -4.62. The molecule has 0 amide bonds. The fourth-order valence-electron chi connectivity index (χ4n) is 0.525. The van der Waals surface area contributed by atoms with Crippen molar-refractivity contribution in [2.24, 2.45) is 0 Å². The molecule has 0 unspecified atom stereocenters. The second-order valence-corrected chi connectivity index (χ2v) is 5.02. The third kappa shape index (κ3) is 5.32. The maximum absolute atomic E-state index is 12.8. The Hall–Kier alpha value is -0.0600. The summed E-state index contributed by atoms with van der Waals surface area (Å²) in [6, 6.07) is 0. The van der Waals surface area contributed by atoms with Gasteiger partial charge in [0.1, 0.15) is 13.2 Å². The van der Waals surface area contributed by atoms with Gasteiger partial charge in [-0.25, -0.2) is 0 Å². The van der Waals surface area contributed by atoms with Crippen LogP contribution in [-0.4, -0.2) is 46.0 Å². The molecule has 0 aliphatic heterocycles. The molecule has 0 spiro atoms. The molecule has 16 heavy (non-hydrogen) atoms. The molecule has 0 saturated carbocycles. The highest BCUT2D eigenvalue weighted by Gasteiger charge is 2.57. The summed E-state index contributed by atoms with van der Waals surface area (Å²) in [5, 5.41) is 0. The largest absolute Gasteiger partial charge is 0.336 e. The van der Waals surface area contributed by atoms with Gasteiger partial charge in [0.2, 0.25) is 0 Å². The van der Waals surface area contributed by atoms with Crippen molar-refractivity contribution in [3.05, 3.63) is 0 Å². The number of hydrogen-bond acceptors (Lipinski definition) is 5. The van der Waals surface area contributed by atoms with Crippen LogP contribution in [0.5, 0.6) is 0 Å². The van der Waals surface area contributed by atoms with Gasteiger partial charge >= 0.3 is 11.8 Å². The van der Waals surface area contributed by atoms with E-state index in [1.165, 1.54) is 6.26 Å². The van der Waals surface area contributed by atoms with E-state index in [0.29, 0.717) is 18.3 Å². The summed E-state index contributed by atoms with van der Waals surface area (Å²) >= 11 is 0.496. The maximum Gasteiger partial charge on any atom is 0.336 e. The van der Waals surface area contributed by atoms with Crippen LogP contribution in [0.4, 0.5) is 17.6 Å². The smallest absolute Gasteiger partial charge is 0.309 e. The van der Waals surface area contributed by atoms with Crippen molar-refractivity contribution >= 4 is 22.2 Å². The Balaban J connectivity index is 4.51. The predicted octanol–water partition coefficient (Wildman–Crippen LogP) is 1.53. The van der Waals surface area contributed by atoms with E-state index >= 15 is 0 Å². The van der Waals surface area contributed by atoms with Crippen LogP contribution in [-0.2, 0) is 18.5 Å². The zero-order chi connectivity index (χ0) is 13.0. The minimum absolute atomic E-state index is 0.486. The Morgan fingerprint density at radius 2 is 1.56 bits per heavy atom. The average Bonchev–Trinajstić information content (AvgIpc) is 2.10. The summed E-state index contributed by atoms with van der Waals surface area (Å²) in [4.78, 5) is 0. The second kappa shape index (κ2) is 5.52. The highest BCUT2D eigenvalue weighted by Crippen LogP contribution is 2.35. The summed E-state index contributed by atoms with van der Waals surface area (Å²) in [5.74, 6) is -9.12. The van der Waals surface area contributed by atoms with Crippen LogP contribution in [0.2, 0.25) is 0 Å². The fraction of sp³-hybridized carbons (Fsp3) is 1.00. The lowest BCUT2D eigenvalue weighted by atomic mass is 10.2. The predicted molar refractivity (Wildman–Crippen MR) is 50.2 cm³/mol. The van der Waals surface area contributed by atoms with E-state index in [0.717, 1.165) is 0 Å². The quantitative estimate of drug-likeness (QED) is 0.403. The van der Waals surface area contributed by atoms with E-state index in [4.69, 9.17) is 0 Å². The zero-order valence-corrected chi connectivity index (χ0v) is 10.0. The van der Waals surface area contributed by atoms with Gasteiger partial charge in [-0.05, 0) is 12.0 Å². The van der Waals surface area contributed by atoms with Crippen molar-refractivity contribution in [3.63, 3.8) is 0 Å². The van der Waals surface area contributed by atoms with Gasteiger partial charge in [0.05, 0.1) is 6.26 Å². The van der Waals surface area contributed by atoms with E-state index < -0.39 is 35.2 Å². The Morgan fingerprint density at radius 1 is 1.12 bits per heavy atom. The first-order valence-electron chi connectivity index (χ1n) is 3.77. The summed E-state index contributed by atoms with van der Waals surface area (Å²) in [5.41, 5.74) is 0. The molecule has 0 bridgehead atoms. The average molecular weight is 286 g/mol. The molecule has 0 heterocycles. The van der Waals surface area contributed by atoms with Crippen LogP contribution in [0.15, 0.2) is 0 Å². The lowest BCUT2D eigenvalue weighted by molar-refractivity contribution is -0.230. The SMILES string of the molecule is CSOCC(F)(F)C(F)(F)COS(C)(=O)=O. The van der Waals surface area contributed by atoms with Gasteiger partial charge in [-0.3, -0.25) is 4.18 Å². The van der Waals surface area contributed by atoms with E-state index in [2.05, 4.69) is 8.37 Å². The molecule has 0 aliphatic carbocycles.